The lowest BCUT2D eigenvalue weighted by Crippen LogP contribution is -2.13. The summed E-state index contributed by atoms with van der Waals surface area (Å²) in [5, 5.41) is 11.5. The summed E-state index contributed by atoms with van der Waals surface area (Å²) in [6.07, 6.45) is 3.98. The van der Waals surface area contributed by atoms with Crippen molar-refractivity contribution in [1.29, 1.82) is 5.41 Å². The molecular weight excluding hydrogens is 685 g/mol. The van der Waals surface area contributed by atoms with Gasteiger partial charge >= 0.3 is 0 Å². The third-order valence-electron chi connectivity index (χ3n) is 10.6. The summed E-state index contributed by atoms with van der Waals surface area (Å²) < 4.78 is 4.65. The molecule has 56 heavy (non-hydrogen) atoms. The first-order valence-corrected chi connectivity index (χ1v) is 18.7. The predicted octanol–water partition coefficient (Wildman–Crippen LogP) is 12.2. The maximum absolute atomic E-state index is 7.92. The molecule has 6 heteroatoms. The number of nitrogens with one attached hydrogen (secondary N) is 1. The number of amidine groups is 1. The van der Waals surface area contributed by atoms with Crippen molar-refractivity contribution in [2.75, 3.05) is 4.90 Å². The quantitative estimate of drug-likeness (QED) is 0.121. The van der Waals surface area contributed by atoms with E-state index in [1.165, 1.54) is 32.7 Å². The summed E-state index contributed by atoms with van der Waals surface area (Å²) in [5.74, 6) is 0.0469. The lowest BCUT2D eigenvalue weighted by atomic mass is 10.0. The highest BCUT2D eigenvalue weighted by Crippen LogP contribution is 2.40. The van der Waals surface area contributed by atoms with Gasteiger partial charge < -0.3 is 19.8 Å². The number of anilines is 3. The van der Waals surface area contributed by atoms with Gasteiger partial charge in [-0.1, -0.05) is 72.8 Å². The Morgan fingerprint density at radius 2 is 1.09 bits per heavy atom. The second kappa shape index (κ2) is 13.6. The fraction of sp³-hybridized carbons (Fsp3) is 0. The molecule has 0 radical (unpaired) electrons. The van der Waals surface area contributed by atoms with E-state index >= 15 is 0 Å². The van der Waals surface area contributed by atoms with E-state index < -0.39 is 0 Å². The summed E-state index contributed by atoms with van der Waals surface area (Å²) in [6.45, 7) is 0. The highest BCUT2D eigenvalue weighted by atomic mass is 15.1. The van der Waals surface area contributed by atoms with Gasteiger partial charge in [0.05, 0.1) is 22.2 Å². The Morgan fingerprint density at radius 3 is 1.73 bits per heavy atom. The molecular formula is C50H36N6. The molecule has 0 aliphatic carbocycles. The lowest BCUT2D eigenvalue weighted by molar-refractivity contribution is 1.13. The highest BCUT2D eigenvalue weighted by Gasteiger charge is 2.18. The Kier molecular flexibility index (Phi) is 8.00. The zero-order valence-corrected chi connectivity index (χ0v) is 30.4. The van der Waals surface area contributed by atoms with Crippen molar-refractivity contribution in [2.45, 2.75) is 0 Å². The molecule has 10 rings (SSSR count). The largest absolute Gasteiger partial charge is 0.384 e. The Morgan fingerprint density at radius 1 is 0.500 bits per heavy atom. The molecule has 7 aromatic carbocycles. The molecule has 10 aromatic rings. The lowest BCUT2D eigenvalue weighted by Gasteiger charge is -2.26. The Labute approximate surface area is 324 Å². The van der Waals surface area contributed by atoms with Crippen LogP contribution in [-0.2, 0) is 0 Å². The van der Waals surface area contributed by atoms with Gasteiger partial charge in [-0.15, -0.1) is 0 Å². The number of benzene rings is 7. The topological polar surface area (TPSA) is 75.9 Å². The molecule has 0 unspecified atom stereocenters. The molecule has 266 valence electrons. The number of hydrogen-bond donors (Lipinski definition) is 2. The van der Waals surface area contributed by atoms with Crippen molar-refractivity contribution in [3.8, 4) is 33.8 Å². The Bertz CT molecular complexity index is 3000. The number of para-hydroxylation sites is 2. The monoisotopic (exact) mass is 720 g/mol. The van der Waals surface area contributed by atoms with Crippen LogP contribution in [0.2, 0.25) is 0 Å². The molecule has 3 aromatic heterocycles. The number of pyridine rings is 1. The van der Waals surface area contributed by atoms with E-state index in [-0.39, 0.29) is 5.84 Å². The van der Waals surface area contributed by atoms with E-state index in [1.54, 1.807) is 0 Å². The zero-order valence-electron chi connectivity index (χ0n) is 30.4. The van der Waals surface area contributed by atoms with Gasteiger partial charge in [0.25, 0.3) is 0 Å². The molecule has 0 aliphatic heterocycles. The minimum Gasteiger partial charge on any atom is -0.384 e. The van der Waals surface area contributed by atoms with Crippen LogP contribution in [0.25, 0.3) is 66.5 Å². The highest BCUT2D eigenvalue weighted by molar-refractivity contribution is 6.14. The normalized spacial score (nSPS) is 11.4. The molecule has 0 saturated heterocycles. The molecule has 0 spiro atoms. The first-order chi connectivity index (χ1) is 27.6. The van der Waals surface area contributed by atoms with Crippen LogP contribution in [0.4, 0.5) is 17.1 Å². The van der Waals surface area contributed by atoms with Gasteiger partial charge in [-0.2, -0.15) is 0 Å². The summed E-state index contributed by atoms with van der Waals surface area (Å²) in [5.41, 5.74) is 19.5. The minimum atomic E-state index is 0.0469. The summed E-state index contributed by atoms with van der Waals surface area (Å²) >= 11 is 0. The first kappa shape index (κ1) is 32.9. The fourth-order valence-electron chi connectivity index (χ4n) is 7.85. The van der Waals surface area contributed by atoms with Crippen LogP contribution >= 0.6 is 0 Å². The number of rotatable bonds is 8. The second-order valence-corrected chi connectivity index (χ2v) is 14.0. The van der Waals surface area contributed by atoms with Crippen molar-refractivity contribution in [3.05, 3.63) is 206 Å². The summed E-state index contributed by atoms with van der Waals surface area (Å²) in [4.78, 5) is 6.76. The number of hydrogen-bond acceptors (Lipinski definition) is 3. The SMILES string of the molecule is N=C(N)c1ccc(N(c2ccc(-c3ccc4c(c3)c3cc5c(ccn5-c5ccccc5)cc3n4-c3ccccc3)cc2)c2ccc(-c3ccccn3)cc2)cc1. The van der Waals surface area contributed by atoms with Crippen molar-refractivity contribution in [3.63, 3.8) is 0 Å². The molecule has 0 saturated carbocycles. The standard InChI is InChI=1S/C50H36N6/c51-50(52)36-18-25-43(26-19-36)55(42-23-16-35(17-24-42)46-13-7-8-29-53-46)41-21-14-34(15-22-41)37-20-27-47-44(31-37)45-33-48-38(28-30-54(48)39-9-3-1-4-10-39)32-49(45)56(47)40-11-5-2-6-12-40/h1-33H,(H3,51,52). The first-order valence-electron chi connectivity index (χ1n) is 18.7. The van der Waals surface area contributed by atoms with Crippen molar-refractivity contribution in [2.24, 2.45) is 5.73 Å². The van der Waals surface area contributed by atoms with Crippen molar-refractivity contribution < 1.29 is 0 Å². The second-order valence-electron chi connectivity index (χ2n) is 14.0. The van der Waals surface area contributed by atoms with E-state index in [0.717, 1.165) is 50.8 Å². The van der Waals surface area contributed by atoms with Crippen LogP contribution in [0.1, 0.15) is 5.56 Å². The maximum atomic E-state index is 7.92. The number of aromatic nitrogens is 3. The summed E-state index contributed by atoms with van der Waals surface area (Å²) in [7, 11) is 0. The van der Waals surface area contributed by atoms with Crippen molar-refractivity contribution >= 4 is 55.6 Å². The predicted molar refractivity (Wildman–Crippen MR) is 232 cm³/mol. The molecule has 3 N–H and O–H groups in total. The summed E-state index contributed by atoms with van der Waals surface area (Å²) in [6, 6.07) is 65.8. The van der Waals surface area contributed by atoms with Gasteiger partial charge in [-0.05, 0) is 126 Å². The van der Waals surface area contributed by atoms with E-state index in [1.807, 2.05) is 48.7 Å². The van der Waals surface area contributed by atoms with Gasteiger partial charge in [-0.25, -0.2) is 0 Å². The van der Waals surface area contributed by atoms with Crippen LogP contribution in [0.5, 0.6) is 0 Å². The van der Waals surface area contributed by atoms with Crippen LogP contribution in [0.15, 0.2) is 200 Å². The molecule has 0 atom stereocenters. The fourth-order valence-corrected chi connectivity index (χ4v) is 7.85. The van der Waals surface area contributed by atoms with E-state index in [9.17, 15) is 0 Å². The van der Waals surface area contributed by atoms with Crippen molar-refractivity contribution in [1.82, 2.24) is 14.1 Å². The van der Waals surface area contributed by atoms with Gasteiger partial charge in [-0.3, -0.25) is 10.4 Å². The van der Waals surface area contributed by atoms with E-state index in [0.29, 0.717) is 5.56 Å². The van der Waals surface area contributed by atoms with Crippen LogP contribution in [0, 0.1) is 5.41 Å². The van der Waals surface area contributed by atoms with Crippen LogP contribution in [-0.4, -0.2) is 20.0 Å². The van der Waals surface area contributed by atoms with Gasteiger partial charge in [0, 0.05) is 68.1 Å². The smallest absolute Gasteiger partial charge is 0.122 e. The average molecular weight is 721 g/mol. The molecule has 6 nitrogen and oxygen atoms in total. The van der Waals surface area contributed by atoms with Gasteiger partial charge in [0.2, 0.25) is 0 Å². The van der Waals surface area contributed by atoms with E-state index in [4.69, 9.17) is 11.1 Å². The number of fused-ring (bicyclic) bond motifs is 4. The average Bonchev–Trinajstić information content (AvgIpc) is 3.82. The van der Waals surface area contributed by atoms with E-state index in [2.05, 4.69) is 171 Å². The molecule has 0 fully saturated rings. The molecule has 0 bridgehead atoms. The molecule has 3 heterocycles. The maximum Gasteiger partial charge on any atom is 0.122 e. The molecule has 0 aliphatic rings. The Hall–Kier alpha value is -7.70. The van der Waals surface area contributed by atoms with Crippen LogP contribution in [0.3, 0.4) is 0 Å². The third-order valence-corrected chi connectivity index (χ3v) is 10.6. The molecule has 0 amide bonds. The minimum absolute atomic E-state index is 0.0469. The van der Waals surface area contributed by atoms with Gasteiger partial charge in [0.1, 0.15) is 5.84 Å². The zero-order chi connectivity index (χ0) is 37.6. The number of nitrogen functional groups attached to an aromatic ring is 1. The van der Waals surface area contributed by atoms with Crippen LogP contribution < -0.4 is 10.6 Å². The third kappa shape index (κ3) is 5.77. The Balaban J connectivity index is 1.08. The van der Waals surface area contributed by atoms with Gasteiger partial charge in [0.15, 0.2) is 0 Å². The number of nitrogens with zero attached hydrogens (tertiary/aromatic N) is 4. The number of nitrogens with two attached hydrogens (primary N) is 1.